The number of aromatic nitrogens is 1. The molecule has 6 heteroatoms. The molecule has 0 aliphatic rings. The number of hydrogen-bond donors (Lipinski definition) is 0. The van der Waals surface area contributed by atoms with Gasteiger partial charge in [-0.05, 0) is 24.1 Å². The van der Waals surface area contributed by atoms with Crippen molar-refractivity contribution in [2.45, 2.75) is 0 Å². The Kier molecular flexibility index (Phi) is 6.15. The molecule has 0 aliphatic heterocycles. The lowest BCUT2D eigenvalue weighted by atomic mass is 10.0. The van der Waals surface area contributed by atoms with Gasteiger partial charge in [0.05, 0.1) is 20.5 Å². The third-order valence-electron chi connectivity index (χ3n) is 3.83. The Morgan fingerprint density at radius 3 is 2.57 bits per heavy atom. The van der Waals surface area contributed by atoms with Crippen molar-refractivity contribution in [3.8, 4) is 23.1 Å². The summed E-state index contributed by atoms with van der Waals surface area (Å²) in [6, 6.07) is 16.2. The van der Waals surface area contributed by atoms with Crippen LogP contribution in [-0.2, 0) is 14.3 Å². The van der Waals surface area contributed by atoms with Gasteiger partial charge in [-0.2, -0.15) is 0 Å². The number of ether oxygens (including phenoxy) is 2. The van der Waals surface area contributed by atoms with Gasteiger partial charge in [-0.3, -0.25) is 0 Å². The average molecular weight is 394 g/mol. The van der Waals surface area contributed by atoms with Crippen molar-refractivity contribution in [2.75, 3.05) is 14.2 Å². The first kappa shape index (κ1) is 19.3. The molecule has 140 valence electrons. The van der Waals surface area contributed by atoms with Gasteiger partial charge in [0, 0.05) is 27.8 Å². The first-order valence-corrected chi connectivity index (χ1v) is 8.65. The smallest absolute Gasteiger partial charge is 0.341 e. The first-order chi connectivity index (χ1) is 13.6. The molecule has 0 bridgehead atoms. The van der Waals surface area contributed by atoms with Crippen LogP contribution in [0.2, 0.25) is 5.02 Å². The maximum Gasteiger partial charge on any atom is 0.341 e. The monoisotopic (exact) mass is 393 g/mol. The molecule has 3 rings (SSSR count). The van der Waals surface area contributed by atoms with E-state index in [1.54, 1.807) is 36.4 Å². The van der Waals surface area contributed by atoms with Crippen LogP contribution in [-0.4, -0.2) is 25.3 Å². The van der Waals surface area contributed by atoms with Crippen LogP contribution in [0.15, 0.2) is 65.4 Å². The van der Waals surface area contributed by atoms with Crippen LogP contribution in [0.1, 0.15) is 16.9 Å². The highest BCUT2D eigenvalue weighted by Crippen LogP contribution is 2.22. The van der Waals surface area contributed by atoms with Crippen molar-refractivity contribution < 1.29 is 18.8 Å². The van der Waals surface area contributed by atoms with E-state index in [9.17, 15) is 4.79 Å². The number of methoxy groups -OCH3 is 2. The number of hydrogen-bond acceptors (Lipinski definition) is 5. The van der Waals surface area contributed by atoms with Gasteiger partial charge in [-0.15, -0.1) is 0 Å². The minimum atomic E-state index is -0.513. The molecule has 0 spiro atoms. The normalized spacial score (nSPS) is 10.8. The second-order valence-corrected chi connectivity index (χ2v) is 6.07. The summed E-state index contributed by atoms with van der Waals surface area (Å²) >= 11 is 5.90. The Bertz CT molecular complexity index is 1070. The number of carbonyl (C=O) groups excluding carboxylic acids is 1. The van der Waals surface area contributed by atoms with Crippen LogP contribution in [0.5, 0.6) is 0 Å². The van der Waals surface area contributed by atoms with Crippen molar-refractivity contribution in [3.05, 3.63) is 82.8 Å². The fourth-order valence-electron chi connectivity index (χ4n) is 2.50. The maximum absolute atomic E-state index is 12.1. The molecule has 2 aromatic carbocycles. The highest BCUT2D eigenvalue weighted by molar-refractivity contribution is 6.30. The molecule has 0 N–H and O–H groups in total. The lowest BCUT2D eigenvalue weighted by Crippen LogP contribution is -2.06. The molecule has 5 nitrogen and oxygen atoms in total. The van der Waals surface area contributed by atoms with Gasteiger partial charge in [0.15, 0.2) is 0 Å². The fourth-order valence-corrected chi connectivity index (χ4v) is 2.62. The summed E-state index contributed by atoms with van der Waals surface area (Å²) in [5.41, 5.74) is 3.03. The van der Waals surface area contributed by atoms with E-state index >= 15 is 0 Å². The van der Waals surface area contributed by atoms with Crippen molar-refractivity contribution >= 4 is 23.1 Å². The van der Waals surface area contributed by atoms with E-state index in [0.29, 0.717) is 27.6 Å². The molecule has 0 amide bonds. The molecule has 3 aromatic rings. The molecule has 0 fully saturated rings. The topological polar surface area (TPSA) is 61.6 Å². The van der Waals surface area contributed by atoms with Crippen molar-refractivity contribution in [2.24, 2.45) is 0 Å². The van der Waals surface area contributed by atoms with Crippen LogP contribution < -0.4 is 0 Å². The minimum absolute atomic E-state index is 0.273. The predicted octanol–water partition coefficient (Wildman–Crippen LogP) is 4.56. The molecule has 28 heavy (non-hydrogen) atoms. The highest BCUT2D eigenvalue weighted by atomic mass is 35.5. The highest BCUT2D eigenvalue weighted by Gasteiger charge is 2.16. The number of carbonyl (C=O) groups is 1. The van der Waals surface area contributed by atoms with Gasteiger partial charge < -0.3 is 14.0 Å². The van der Waals surface area contributed by atoms with Gasteiger partial charge in [-0.25, -0.2) is 4.79 Å². The number of rotatable bonds is 4. The second kappa shape index (κ2) is 8.94. The zero-order valence-corrected chi connectivity index (χ0v) is 16.0. The zero-order valence-electron chi connectivity index (χ0n) is 15.2. The van der Waals surface area contributed by atoms with Gasteiger partial charge in [0.25, 0.3) is 0 Å². The van der Waals surface area contributed by atoms with Crippen LogP contribution in [0.25, 0.3) is 16.8 Å². The maximum atomic E-state index is 12.1. The van der Waals surface area contributed by atoms with Gasteiger partial charge in [0.1, 0.15) is 11.3 Å². The van der Waals surface area contributed by atoms with Crippen LogP contribution in [0.4, 0.5) is 0 Å². The Balaban J connectivity index is 1.92. The second-order valence-electron chi connectivity index (χ2n) is 5.64. The molecule has 0 aliphatic carbocycles. The molecule has 0 saturated carbocycles. The van der Waals surface area contributed by atoms with E-state index in [2.05, 4.69) is 17.0 Å². The van der Waals surface area contributed by atoms with E-state index in [-0.39, 0.29) is 5.57 Å². The lowest BCUT2D eigenvalue weighted by Gasteiger charge is -2.07. The number of nitrogens with zero attached hydrogens (tertiary/aromatic N) is 1. The van der Waals surface area contributed by atoms with Crippen molar-refractivity contribution in [3.63, 3.8) is 0 Å². The summed E-state index contributed by atoms with van der Waals surface area (Å²) in [6.45, 7) is 0. The summed E-state index contributed by atoms with van der Waals surface area (Å²) < 4.78 is 15.1. The number of esters is 1. The largest absolute Gasteiger partial charge is 0.503 e. The molecular weight excluding hydrogens is 378 g/mol. The SMILES string of the molecule is COC=C(C(=O)OC)c1ccccc1C#Cc1cc(-c2ccc(Cl)cc2)no1. The van der Waals surface area contributed by atoms with Gasteiger partial charge in [-0.1, -0.05) is 53.0 Å². The first-order valence-electron chi connectivity index (χ1n) is 8.27. The number of halogens is 1. The Morgan fingerprint density at radius 1 is 1.11 bits per heavy atom. The Labute approximate surface area is 167 Å². The lowest BCUT2D eigenvalue weighted by molar-refractivity contribution is -0.133. The van der Waals surface area contributed by atoms with Crippen LogP contribution in [0, 0.1) is 11.8 Å². The average Bonchev–Trinajstić information content (AvgIpc) is 3.20. The summed E-state index contributed by atoms with van der Waals surface area (Å²) in [4.78, 5) is 12.1. The third-order valence-corrected chi connectivity index (χ3v) is 4.08. The van der Waals surface area contributed by atoms with E-state index in [1.165, 1.54) is 20.5 Å². The summed E-state index contributed by atoms with van der Waals surface area (Å²) in [6.07, 6.45) is 1.33. The summed E-state index contributed by atoms with van der Waals surface area (Å²) in [7, 11) is 2.77. The number of benzene rings is 2. The standard InChI is InChI=1S/C22H16ClNO4/c1-26-14-20(22(25)27-2)19-6-4-3-5-15(19)9-12-18-13-21(24-28-18)16-7-10-17(23)11-8-16/h3-8,10-11,13-14H,1-2H3. The quantitative estimate of drug-likeness (QED) is 0.281. The van der Waals surface area contributed by atoms with Crippen molar-refractivity contribution in [1.82, 2.24) is 5.16 Å². The minimum Gasteiger partial charge on any atom is -0.503 e. The molecule has 1 heterocycles. The van der Waals surface area contributed by atoms with E-state index in [4.69, 9.17) is 25.6 Å². The Morgan fingerprint density at radius 2 is 1.86 bits per heavy atom. The van der Waals surface area contributed by atoms with Crippen LogP contribution >= 0.6 is 11.6 Å². The fraction of sp³-hybridized carbons (Fsp3) is 0.0909. The van der Waals surface area contributed by atoms with E-state index in [0.717, 1.165) is 5.56 Å². The van der Waals surface area contributed by atoms with E-state index < -0.39 is 5.97 Å². The Hall–Kier alpha value is -3.49. The molecular formula is C22H16ClNO4. The molecule has 1 aromatic heterocycles. The molecule has 0 saturated heterocycles. The van der Waals surface area contributed by atoms with Gasteiger partial charge in [0.2, 0.25) is 5.76 Å². The predicted molar refractivity (Wildman–Crippen MR) is 106 cm³/mol. The molecule has 0 atom stereocenters. The van der Waals surface area contributed by atoms with Crippen LogP contribution in [0.3, 0.4) is 0 Å². The molecule has 0 radical (unpaired) electrons. The van der Waals surface area contributed by atoms with Crippen molar-refractivity contribution in [1.29, 1.82) is 0 Å². The van der Waals surface area contributed by atoms with Gasteiger partial charge >= 0.3 is 5.97 Å². The summed E-state index contributed by atoms with van der Waals surface area (Å²) in [5, 5.41) is 4.68. The zero-order chi connectivity index (χ0) is 19.9. The summed E-state index contributed by atoms with van der Waals surface area (Å²) in [5.74, 6) is 5.83. The van der Waals surface area contributed by atoms with E-state index in [1.807, 2.05) is 18.2 Å². The third kappa shape index (κ3) is 4.43. The molecule has 0 unspecified atom stereocenters.